The number of benzene rings is 2. The van der Waals surface area contributed by atoms with Crippen molar-refractivity contribution in [1.82, 2.24) is 0 Å². The molecule has 0 spiro atoms. The Bertz CT molecular complexity index is 652. The Kier molecular flexibility index (Phi) is 4.00. The molecule has 2 aromatic carbocycles. The van der Waals surface area contributed by atoms with Crippen molar-refractivity contribution in [2.45, 2.75) is 20.5 Å². The largest absolute Gasteiger partial charge is 0.450 e. The van der Waals surface area contributed by atoms with Crippen molar-refractivity contribution in [2.75, 3.05) is 0 Å². The minimum atomic E-state index is -0.514. The molecule has 5 nitrogen and oxygen atoms in total. The third kappa shape index (κ3) is 2.95. The highest BCUT2D eigenvalue weighted by molar-refractivity contribution is 5.51. The van der Waals surface area contributed by atoms with Gasteiger partial charge in [-0.25, -0.2) is 0 Å². The first-order chi connectivity index (χ1) is 9.51. The van der Waals surface area contributed by atoms with E-state index in [9.17, 15) is 10.1 Å². The average Bonchev–Trinajstić information content (AvgIpc) is 2.43. The molecule has 0 heterocycles. The lowest BCUT2D eigenvalue weighted by atomic mass is 10.1. The van der Waals surface area contributed by atoms with Crippen LogP contribution in [-0.2, 0) is 6.61 Å². The van der Waals surface area contributed by atoms with E-state index in [1.54, 1.807) is 6.07 Å². The molecule has 0 saturated heterocycles. The number of hydrogen-bond donors (Lipinski definition) is 1. The van der Waals surface area contributed by atoms with Crippen molar-refractivity contribution in [2.24, 2.45) is 0 Å². The lowest BCUT2D eigenvalue weighted by molar-refractivity contribution is -0.385. The number of aliphatic hydroxyl groups excluding tert-OH is 1. The smallest absolute Gasteiger partial charge is 0.311 e. The summed E-state index contributed by atoms with van der Waals surface area (Å²) in [6, 6.07) is 10.1. The van der Waals surface area contributed by atoms with E-state index >= 15 is 0 Å². The second-order valence-electron chi connectivity index (χ2n) is 4.59. The van der Waals surface area contributed by atoms with Gasteiger partial charge >= 0.3 is 5.69 Å². The summed E-state index contributed by atoms with van der Waals surface area (Å²) >= 11 is 0. The number of rotatable bonds is 4. The number of ether oxygens (including phenoxy) is 1. The monoisotopic (exact) mass is 273 g/mol. The first-order valence-corrected chi connectivity index (χ1v) is 6.14. The van der Waals surface area contributed by atoms with Crippen LogP contribution < -0.4 is 4.74 Å². The van der Waals surface area contributed by atoms with Gasteiger partial charge in [0.2, 0.25) is 5.75 Å². The molecule has 0 fully saturated rings. The summed E-state index contributed by atoms with van der Waals surface area (Å²) in [6.45, 7) is 3.56. The first kappa shape index (κ1) is 14.0. The number of aliphatic hydroxyl groups is 1. The van der Waals surface area contributed by atoms with E-state index in [1.165, 1.54) is 12.1 Å². The molecule has 1 N–H and O–H groups in total. The normalized spacial score (nSPS) is 10.3. The van der Waals surface area contributed by atoms with Gasteiger partial charge in [-0.15, -0.1) is 0 Å². The van der Waals surface area contributed by atoms with Crippen LogP contribution in [0.2, 0.25) is 0 Å². The summed E-state index contributed by atoms with van der Waals surface area (Å²) in [4.78, 5) is 10.6. The molecule has 0 aliphatic rings. The topological polar surface area (TPSA) is 72.6 Å². The summed E-state index contributed by atoms with van der Waals surface area (Å²) in [6.07, 6.45) is 0. The van der Waals surface area contributed by atoms with E-state index in [4.69, 9.17) is 9.84 Å². The van der Waals surface area contributed by atoms with E-state index < -0.39 is 4.92 Å². The minimum absolute atomic E-state index is 0.155. The third-order valence-electron chi connectivity index (χ3n) is 2.97. The van der Waals surface area contributed by atoms with Gasteiger partial charge in [0.05, 0.1) is 11.5 Å². The van der Waals surface area contributed by atoms with Gasteiger partial charge in [0.1, 0.15) is 5.75 Å². The van der Waals surface area contributed by atoms with Crippen LogP contribution >= 0.6 is 0 Å². The molecule has 0 bridgehead atoms. The number of nitro benzene ring substituents is 1. The van der Waals surface area contributed by atoms with Gasteiger partial charge in [0.25, 0.3) is 0 Å². The zero-order valence-corrected chi connectivity index (χ0v) is 11.3. The van der Waals surface area contributed by atoms with Gasteiger partial charge in [0, 0.05) is 6.07 Å². The van der Waals surface area contributed by atoms with Crippen LogP contribution in [0.25, 0.3) is 0 Å². The third-order valence-corrected chi connectivity index (χ3v) is 2.97. The highest BCUT2D eigenvalue weighted by Crippen LogP contribution is 2.33. The second kappa shape index (κ2) is 5.71. The second-order valence-corrected chi connectivity index (χ2v) is 4.59. The molecular weight excluding hydrogens is 258 g/mol. The Morgan fingerprint density at radius 1 is 1.15 bits per heavy atom. The van der Waals surface area contributed by atoms with Crippen LogP contribution in [0.1, 0.15) is 16.7 Å². The number of hydrogen-bond acceptors (Lipinski definition) is 4. The maximum atomic E-state index is 11.1. The van der Waals surface area contributed by atoms with Crippen molar-refractivity contribution in [3.05, 3.63) is 63.2 Å². The molecule has 0 aromatic heterocycles. The highest BCUT2D eigenvalue weighted by Gasteiger charge is 2.17. The molecule has 0 saturated carbocycles. The predicted molar refractivity (Wildman–Crippen MR) is 75.0 cm³/mol. The van der Waals surface area contributed by atoms with E-state index in [0.29, 0.717) is 11.3 Å². The van der Waals surface area contributed by atoms with E-state index in [1.807, 2.05) is 32.0 Å². The Labute approximate surface area is 116 Å². The zero-order valence-electron chi connectivity index (χ0n) is 11.3. The number of nitro groups is 1. The van der Waals surface area contributed by atoms with Crippen molar-refractivity contribution in [1.29, 1.82) is 0 Å². The van der Waals surface area contributed by atoms with E-state index in [0.717, 1.165) is 11.1 Å². The molecule has 0 aliphatic carbocycles. The van der Waals surface area contributed by atoms with Gasteiger partial charge in [-0.05, 0) is 42.7 Å². The molecule has 0 amide bonds. The van der Waals surface area contributed by atoms with Crippen LogP contribution in [-0.4, -0.2) is 10.0 Å². The Morgan fingerprint density at radius 2 is 1.90 bits per heavy atom. The summed E-state index contributed by atoms with van der Waals surface area (Å²) in [7, 11) is 0. The SMILES string of the molecule is Cc1ccc(C)c(Oc2ccc(CO)cc2[N+](=O)[O-])c1. The average molecular weight is 273 g/mol. The molecule has 0 radical (unpaired) electrons. The molecule has 2 rings (SSSR count). The maximum absolute atomic E-state index is 11.1. The van der Waals surface area contributed by atoms with E-state index in [-0.39, 0.29) is 18.0 Å². The van der Waals surface area contributed by atoms with Crippen LogP contribution in [0.3, 0.4) is 0 Å². The Morgan fingerprint density at radius 3 is 2.55 bits per heavy atom. The van der Waals surface area contributed by atoms with Gasteiger partial charge in [0.15, 0.2) is 0 Å². The summed E-state index contributed by atoms with van der Waals surface area (Å²) in [5.41, 5.74) is 2.24. The lowest BCUT2D eigenvalue weighted by Gasteiger charge is -2.10. The molecule has 0 unspecified atom stereocenters. The van der Waals surface area contributed by atoms with Crippen molar-refractivity contribution < 1.29 is 14.8 Å². The van der Waals surface area contributed by atoms with E-state index in [2.05, 4.69) is 0 Å². The van der Waals surface area contributed by atoms with Gasteiger partial charge < -0.3 is 9.84 Å². The fourth-order valence-corrected chi connectivity index (χ4v) is 1.83. The number of aryl methyl sites for hydroxylation is 2. The highest BCUT2D eigenvalue weighted by atomic mass is 16.6. The van der Waals surface area contributed by atoms with Gasteiger partial charge in [-0.1, -0.05) is 18.2 Å². The fraction of sp³-hybridized carbons (Fsp3) is 0.200. The van der Waals surface area contributed by atoms with Crippen molar-refractivity contribution in [3.8, 4) is 11.5 Å². The zero-order chi connectivity index (χ0) is 14.7. The van der Waals surface area contributed by atoms with Crippen LogP contribution in [0.4, 0.5) is 5.69 Å². The maximum Gasteiger partial charge on any atom is 0.311 e. The minimum Gasteiger partial charge on any atom is -0.450 e. The molecule has 0 aliphatic heterocycles. The molecule has 2 aromatic rings. The van der Waals surface area contributed by atoms with Gasteiger partial charge in [-0.3, -0.25) is 10.1 Å². The predicted octanol–water partition coefficient (Wildman–Crippen LogP) is 3.50. The quantitative estimate of drug-likeness (QED) is 0.683. The lowest BCUT2D eigenvalue weighted by Crippen LogP contribution is -1.96. The molecule has 104 valence electrons. The Hall–Kier alpha value is -2.40. The van der Waals surface area contributed by atoms with Crippen molar-refractivity contribution >= 4 is 5.69 Å². The van der Waals surface area contributed by atoms with Crippen LogP contribution in [0.15, 0.2) is 36.4 Å². The standard InChI is InChI=1S/C15H15NO4/c1-10-3-4-11(2)15(7-10)20-14-6-5-12(9-17)8-13(14)16(18)19/h3-8,17H,9H2,1-2H3. The Balaban J connectivity index is 2.42. The molecule has 5 heteroatoms. The summed E-state index contributed by atoms with van der Waals surface area (Å²) < 4.78 is 5.66. The van der Waals surface area contributed by atoms with Gasteiger partial charge in [-0.2, -0.15) is 0 Å². The molecule has 20 heavy (non-hydrogen) atoms. The van der Waals surface area contributed by atoms with Crippen molar-refractivity contribution in [3.63, 3.8) is 0 Å². The summed E-state index contributed by atoms with van der Waals surface area (Å²) in [5.74, 6) is 0.755. The van der Waals surface area contributed by atoms with Crippen LogP contribution in [0.5, 0.6) is 11.5 Å². The molecular formula is C15H15NO4. The summed E-state index contributed by atoms with van der Waals surface area (Å²) in [5, 5.41) is 20.1. The number of nitrogens with zero attached hydrogens (tertiary/aromatic N) is 1. The fourth-order valence-electron chi connectivity index (χ4n) is 1.83. The first-order valence-electron chi connectivity index (χ1n) is 6.14. The van der Waals surface area contributed by atoms with Crippen LogP contribution in [0, 0.1) is 24.0 Å². The molecule has 0 atom stereocenters.